The zero-order valence-corrected chi connectivity index (χ0v) is 14.7. The Morgan fingerprint density at radius 3 is 2.04 bits per heavy atom. The minimum absolute atomic E-state index is 0.0715. The highest BCUT2D eigenvalue weighted by Gasteiger charge is 2.28. The third-order valence-corrected chi connectivity index (χ3v) is 3.56. The maximum absolute atomic E-state index is 12.3. The molecule has 0 radical (unpaired) electrons. The van der Waals surface area contributed by atoms with Crippen LogP contribution in [0.2, 0.25) is 0 Å². The van der Waals surface area contributed by atoms with Gasteiger partial charge in [-0.3, -0.25) is 14.4 Å². The molecule has 0 bridgehead atoms. The molecule has 0 aliphatic rings. The molecule has 0 saturated carbocycles. The van der Waals surface area contributed by atoms with Crippen LogP contribution in [0.5, 0.6) is 0 Å². The Morgan fingerprint density at radius 1 is 1.08 bits per heavy atom. The molecule has 0 aromatic heterocycles. The number of carbonyl (C=O) groups is 4. The van der Waals surface area contributed by atoms with E-state index in [-0.39, 0.29) is 24.5 Å². The summed E-state index contributed by atoms with van der Waals surface area (Å²) >= 11 is 3.92. The first-order valence-corrected chi connectivity index (χ1v) is 8.20. The second-order valence-corrected chi connectivity index (χ2v) is 6.25. The number of carboxylic acid groups (broad SMARTS) is 1. The van der Waals surface area contributed by atoms with Gasteiger partial charge in [0.25, 0.3) is 0 Å². The van der Waals surface area contributed by atoms with Crippen molar-refractivity contribution < 1.29 is 24.3 Å². The standard InChI is InChI=1S/C14H26N4O5S/c1-7(2)5-10(18-12(20)8(15)6-24)13(21)17-9(14(22)23)3-4-11(16)19/h7-10,24H,3-6,15H2,1-2H3,(H2,16,19)(H,17,21)(H,18,20)(H,22,23). The number of hydrogen-bond acceptors (Lipinski definition) is 6. The number of nitrogens with one attached hydrogen (secondary N) is 2. The highest BCUT2D eigenvalue weighted by Crippen LogP contribution is 2.07. The Hall–Kier alpha value is -1.81. The van der Waals surface area contributed by atoms with Gasteiger partial charge in [-0.15, -0.1) is 0 Å². The van der Waals surface area contributed by atoms with Gasteiger partial charge in [0, 0.05) is 12.2 Å². The highest BCUT2D eigenvalue weighted by molar-refractivity contribution is 7.80. The summed E-state index contributed by atoms with van der Waals surface area (Å²) in [5.74, 6) is -2.97. The van der Waals surface area contributed by atoms with Crippen LogP contribution < -0.4 is 22.1 Å². The van der Waals surface area contributed by atoms with E-state index in [0.29, 0.717) is 6.42 Å². The van der Waals surface area contributed by atoms with E-state index >= 15 is 0 Å². The van der Waals surface area contributed by atoms with Crippen LogP contribution in [0.25, 0.3) is 0 Å². The normalized spacial score (nSPS) is 14.5. The van der Waals surface area contributed by atoms with E-state index in [1.807, 2.05) is 13.8 Å². The summed E-state index contributed by atoms with van der Waals surface area (Å²) in [6, 6.07) is -3.07. The summed E-state index contributed by atoms with van der Waals surface area (Å²) in [6.45, 7) is 3.71. The number of carbonyl (C=O) groups excluding carboxylic acids is 3. The van der Waals surface area contributed by atoms with Crippen LogP contribution in [0.3, 0.4) is 0 Å². The molecule has 3 unspecified atom stereocenters. The van der Waals surface area contributed by atoms with E-state index in [1.54, 1.807) is 0 Å². The van der Waals surface area contributed by atoms with Gasteiger partial charge in [0.05, 0.1) is 6.04 Å². The molecule has 0 aliphatic carbocycles. The number of amides is 3. The Balaban J connectivity index is 4.97. The van der Waals surface area contributed by atoms with Gasteiger partial charge in [0.2, 0.25) is 17.7 Å². The number of nitrogens with two attached hydrogens (primary N) is 2. The molecule has 0 fully saturated rings. The van der Waals surface area contributed by atoms with Gasteiger partial charge >= 0.3 is 5.97 Å². The van der Waals surface area contributed by atoms with Crippen LogP contribution >= 0.6 is 12.6 Å². The quantitative estimate of drug-likeness (QED) is 0.248. The predicted molar refractivity (Wildman–Crippen MR) is 91.2 cm³/mol. The van der Waals surface area contributed by atoms with E-state index < -0.39 is 41.8 Å². The number of hydrogen-bond donors (Lipinski definition) is 6. The van der Waals surface area contributed by atoms with Gasteiger partial charge in [-0.2, -0.15) is 12.6 Å². The van der Waals surface area contributed by atoms with E-state index in [9.17, 15) is 19.2 Å². The first-order valence-electron chi connectivity index (χ1n) is 7.56. The zero-order valence-electron chi connectivity index (χ0n) is 13.8. The fourth-order valence-corrected chi connectivity index (χ4v) is 2.05. The fourth-order valence-electron chi connectivity index (χ4n) is 1.88. The van der Waals surface area contributed by atoms with Crippen molar-refractivity contribution >= 4 is 36.3 Å². The van der Waals surface area contributed by atoms with Crippen molar-refractivity contribution in [3.63, 3.8) is 0 Å². The molecule has 0 aromatic carbocycles. The third kappa shape index (κ3) is 8.73. The number of carboxylic acids is 1. The summed E-state index contributed by atoms with van der Waals surface area (Å²) in [5.41, 5.74) is 10.5. The monoisotopic (exact) mass is 362 g/mol. The van der Waals surface area contributed by atoms with Gasteiger partial charge in [-0.25, -0.2) is 4.79 Å². The molecule has 0 saturated heterocycles. The van der Waals surface area contributed by atoms with Gasteiger partial charge in [-0.1, -0.05) is 13.8 Å². The second kappa shape index (κ2) is 10.9. The number of thiol groups is 1. The van der Waals surface area contributed by atoms with Crippen LogP contribution in [0, 0.1) is 5.92 Å². The van der Waals surface area contributed by atoms with Crippen molar-refractivity contribution in [2.45, 2.75) is 51.2 Å². The first-order chi connectivity index (χ1) is 11.1. The lowest BCUT2D eigenvalue weighted by Crippen LogP contribution is -2.55. The van der Waals surface area contributed by atoms with E-state index in [1.165, 1.54) is 0 Å². The van der Waals surface area contributed by atoms with E-state index in [2.05, 4.69) is 23.3 Å². The lowest BCUT2D eigenvalue weighted by Gasteiger charge is -2.23. The van der Waals surface area contributed by atoms with E-state index in [4.69, 9.17) is 16.6 Å². The Bertz CT molecular complexity index is 472. The second-order valence-electron chi connectivity index (χ2n) is 5.88. The summed E-state index contributed by atoms with van der Waals surface area (Å²) < 4.78 is 0. The Kier molecular flexibility index (Phi) is 10.0. The first kappa shape index (κ1) is 22.2. The van der Waals surface area contributed by atoms with Crippen LogP contribution in [0.4, 0.5) is 0 Å². The molecule has 9 nitrogen and oxygen atoms in total. The van der Waals surface area contributed by atoms with Gasteiger partial charge < -0.3 is 27.2 Å². The third-order valence-electron chi connectivity index (χ3n) is 3.17. The van der Waals surface area contributed by atoms with Gasteiger partial charge in [-0.05, 0) is 18.8 Å². The summed E-state index contributed by atoms with van der Waals surface area (Å²) in [5, 5.41) is 13.9. The van der Waals surface area contributed by atoms with Gasteiger partial charge in [0.1, 0.15) is 12.1 Å². The van der Waals surface area contributed by atoms with Crippen LogP contribution in [-0.4, -0.2) is 52.7 Å². The Morgan fingerprint density at radius 2 is 1.62 bits per heavy atom. The molecular formula is C14H26N4O5S. The van der Waals surface area contributed by atoms with Crippen LogP contribution in [0.1, 0.15) is 33.1 Å². The zero-order chi connectivity index (χ0) is 18.9. The summed E-state index contributed by atoms with van der Waals surface area (Å²) in [6.07, 6.45) is -0.00307. The lowest BCUT2D eigenvalue weighted by molar-refractivity contribution is -0.142. The van der Waals surface area contributed by atoms with Crippen molar-refractivity contribution in [3.05, 3.63) is 0 Å². The molecule has 3 atom stereocenters. The maximum atomic E-state index is 12.3. The number of rotatable bonds is 11. The van der Waals surface area contributed by atoms with E-state index in [0.717, 1.165) is 0 Å². The molecule has 0 rings (SSSR count). The van der Waals surface area contributed by atoms with Crippen molar-refractivity contribution in [2.24, 2.45) is 17.4 Å². The minimum atomic E-state index is -1.29. The molecule has 0 heterocycles. The minimum Gasteiger partial charge on any atom is -0.480 e. The SMILES string of the molecule is CC(C)CC(NC(=O)C(N)CS)C(=O)NC(CCC(N)=O)C(=O)O. The molecular weight excluding hydrogens is 336 g/mol. The molecule has 10 heteroatoms. The largest absolute Gasteiger partial charge is 0.480 e. The van der Waals surface area contributed by atoms with Crippen molar-refractivity contribution in [2.75, 3.05) is 5.75 Å². The van der Waals surface area contributed by atoms with Crippen molar-refractivity contribution in [1.29, 1.82) is 0 Å². The topological polar surface area (TPSA) is 165 Å². The molecule has 0 aromatic rings. The predicted octanol–water partition coefficient (Wildman–Crippen LogP) is -1.39. The molecule has 138 valence electrons. The van der Waals surface area contributed by atoms with Crippen LogP contribution in [-0.2, 0) is 19.2 Å². The molecule has 3 amide bonds. The Labute approximate surface area is 146 Å². The molecule has 0 aliphatic heterocycles. The molecule has 0 spiro atoms. The van der Waals surface area contributed by atoms with Crippen LogP contribution in [0.15, 0.2) is 0 Å². The lowest BCUT2D eigenvalue weighted by atomic mass is 10.0. The molecule has 24 heavy (non-hydrogen) atoms. The average Bonchev–Trinajstić information content (AvgIpc) is 2.48. The summed E-state index contributed by atoms with van der Waals surface area (Å²) in [4.78, 5) is 46.2. The van der Waals surface area contributed by atoms with Crippen molar-refractivity contribution in [3.8, 4) is 0 Å². The smallest absolute Gasteiger partial charge is 0.326 e. The fraction of sp³-hybridized carbons (Fsp3) is 0.714. The number of primary amides is 1. The maximum Gasteiger partial charge on any atom is 0.326 e. The highest BCUT2D eigenvalue weighted by atomic mass is 32.1. The van der Waals surface area contributed by atoms with Crippen molar-refractivity contribution in [1.82, 2.24) is 10.6 Å². The molecule has 7 N–H and O–H groups in total. The average molecular weight is 362 g/mol. The summed E-state index contributed by atoms with van der Waals surface area (Å²) in [7, 11) is 0. The number of aliphatic carboxylic acids is 1. The van der Waals surface area contributed by atoms with Gasteiger partial charge in [0.15, 0.2) is 0 Å².